The second-order valence-electron chi connectivity index (χ2n) is 5.30. The maximum absolute atomic E-state index is 4.47. The molecular formula is C15H26ClN3. The molecule has 0 aliphatic carbocycles. The lowest BCUT2D eigenvalue weighted by molar-refractivity contribution is 0.135. The first-order chi connectivity index (χ1) is 8.81. The van der Waals surface area contributed by atoms with Gasteiger partial charge in [0.2, 0.25) is 0 Å². The largest absolute Gasteiger partial charge is 0.320 e. The van der Waals surface area contributed by atoms with Crippen molar-refractivity contribution in [2.24, 2.45) is 5.92 Å². The third-order valence-corrected chi connectivity index (χ3v) is 4.12. The Hall–Kier alpha value is -0.640. The van der Waals surface area contributed by atoms with Crippen molar-refractivity contribution in [2.75, 3.05) is 26.7 Å². The summed E-state index contributed by atoms with van der Waals surface area (Å²) in [5.41, 5.74) is 1.20. The number of aromatic nitrogens is 1. The van der Waals surface area contributed by atoms with Crippen LogP contribution in [0.15, 0.2) is 24.4 Å². The first-order valence-corrected chi connectivity index (χ1v) is 7.11. The van der Waals surface area contributed by atoms with Gasteiger partial charge in [0, 0.05) is 12.2 Å². The van der Waals surface area contributed by atoms with E-state index >= 15 is 0 Å². The van der Waals surface area contributed by atoms with E-state index in [1.165, 1.54) is 38.0 Å². The second kappa shape index (κ2) is 8.51. The van der Waals surface area contributed by atoms with Crippen LogP contribution in [0.25, 0.3) is 0 Å². The van der Waals surface area contributed by atoms with E-state index in [4.69, 9.17) is 0 Å². The number of nitrogens with zero attached hydrogens (tertiary/aromatic N) is 2. The standard InChI is InChI=1S/C15H25N3.ClH/c1-13(15-5-3-4-9-17-15)18-11-7-14(8-12-18)6-10-16-2;/h3-5,9,13-14,16H,6-8,10-12H2,1-2H3;1H. The summed E-state index contributed by atoms with van der Waals surface area (Å²) in [6.07, 6.45) is 5.88. The minimum Gasteiger partial charge on any atom is -0.320 e. The highest BCUT2D eigenvalue weighted by Gasteiger charge is 2.23. The van der Waals surface area contributed by atoms with Gasteiger partial charge in [-0.1, -0.05) is 6.07 Å². The highest BCUT2D eigenvalue weighted by Crippen LogP contribution is 2.26. The van der Waals surface area contributed by atoms with Gasteiger partial charge in [0.05, 0.1) is 5.69 Å². The summed E-state index contributed by atoms with van der Waals surface area (Å²) in [7, 11) is 2.04. The smallest absolute Gasteiger partial charge is 0.0572 e. The molecule has 1 aliphatic heterocycles. The molecule has 19 heavy (non-hydrogen) atoms. The van der Waals surface area contributed by atoms with Gasteiger partial charge < -0.3 is 5.32 Å². The lowest BCUT2D eigenvalue weighted by atomic mass is 9.92. The SMILES string of the molecule is CNCCC1CCN(C(C)c2ccccn2)CC1.Cl. The zero-order chi connectivity index (χ0) is 12.8. The first kappa shape index (κ1) is 16.4. The summed E-state index contributed by atoms with van der Waals surface area (Å²) in [6, 6.07) is 6.66. The monoisotopic (exact) mass is 283 g/mol. The third-order valence-electron chi connectivity index (χ3n) is 4.12. The molecule has 2 rings (SSSR count). The molecule has 1 aromatic rings. The minimum absolute atomic E-state index is 0. The van der Waals surface area contributed by atoms with Crippen LogP contribution < -0.4 is 5.32 Å². The van der Waals surface area contributed by atoms with Crippen LogP contribution in [0.5, 0.6) is 0 Å². The number of likely N-dealkylation sites (tertiary alicyclic amines) is 1. The van der Waals surface area contributed by atoms with E-state index in [2.05, 4.69) is 34.3 Å². The average Bonchev–Trinajstić information content (AvgIpc) is 2.46. The fourth-order valence-electron chi connectivity index (χ4n) is 2.79. The first-order valence-electron chi connectivity index (χ1n) is 7.11. The molecule has 4 heteroatoms. The fourth-order valence-corrected chi connectivity index (χ4v) is 2.79. The van der Waals surface area contributed by atoms with Crippen molar-refractivity contribution in [1.29, 1.82) is 0 Å². The second-order valence-corrected chi connectivity index (χ2v) is 5.30. The van der Waals surface area contributed by atoms with Crippen molar-refractivity contribution in [3.63, 3.8) is 0 Å². The molecule has 1 saturated heterocycles. The Kier molecular flexibility index (Phi) is 7.36. The molecule has 1 atom stereocenters. The van der Waals surface area contributed by atoms with Crippen LogP contribution in [-0.4, -0.2) is 36.6 Å². The molecule has 108 valence electrons. The number of piperidine rings is 1. The van der Waals surface area contributed by atoms with Gasteiger partial charge in [-0.05, 0) is 70.9 Å². The Bertz CT molecular complexity index is 337. The molecule has 0 bridgehead atoms. The van der Waals surface area contributed by atoms with Crippen molar-refractivity contribution < 1.29 is 0 Å². The number of hydrogen-bond acceptors (Lipinski definition) is 3. The fraction of sp³-hybridized carbons (Fsp3) is 0.667. The molecule has 3 nitrogen and oxygen atoms in total. The van der Waals surface area contributed by atoms with Gasteiger partial charge in [0.1, 0.15) is 0 Å². The number of hydrogen-bond donors (Lipinski definition) is 1. The van der Waals surface area contributed by atoms with Crippen molar-refractivity contribution >= 4 is 12.4 Å². The highest BCUT2D eigenvalue weighted by molar-refractivity contribution is 5.85. The molecule has 1 aliphatic rings. The van der Waals surface area contributed by atoms with E-state index in [0.717, 1.165) is 12.5 Å². The maximum atomic E-state index is 4.47. The average molecular weight is 284 g/mol. The number of halogens is 1. The van der Waals surface area contributed by atoms with Crippen molar-refractivity contribution in [3.05, 3.63) is 30.1 Å². The molecule has 0 amide bonds. The van der Waals surface area contributed by atoms with Gasteiger partial charge in [0.15, 0.2) is 0 Å². The van der Waals surface area contributed by atoms with E-state index in [1.807, 2.05) is 19.3 Å². The lowest BCUT2D eigenvalue weighted by Gasteiger charge is -2.35. The molecule has 0 spiro atoms. The van der Waals surface area contributed by atoms with Crippen LogP contribution in [-0.2, 0) is 0 Å². The number of rotatable bonds is 5. The highest BCUT2D eigenvalue weighted by atomic mass is 35.5. The minimum atomic E-state index is 0. The Morgan fingerprint density at radius 2 is 2.11 bits per heavy atom. The van der Waals surface area contributed by atoms with E-state index < -0.39 is 0 Å². The van der Waals surface area contributed by atoms with E-state index in [-0.39, 0.29) is 12.4 Å². The lowest BCUT2D eigenvalue weighted by Crippen LogP contribution is -2.36. The van der Waals surface area contributed by atoms with Gasteiger partial charge in [-0.2, -0.15) is 0 Å². The molecule has 0 aromatic carbocycles. The van der Waals surface area contributed by atoms with Crippen molar-refractivity contribution in [2.45, 2.75) is 32.2 Å². The van der Waals surface area contributed by atoms with Crippen LogP contribution in [0, 0.1) is 5.92 Å². The molecule has 1 N–H and O–H groups in total. The zero-order valence-corrected chi connectivity index (χ0v) is 12.8. The quantitative estimate of drug-likeness (QED) is 0.901. The zero-order valence-electron chi connectivity index (χ0n) is 12.0. The maximum Gasteiger partial charge on any atom is 0.0572 e. The van der Waals surface area contributed by atoms with Gasteiger partial charge in [-0.3, -0.25) is 9.88 Å². The van der Waals surface area contributed by atoms with E-state index in [1.54, 1.807) is 0 Å². The topological polar surface area (TPSA) is 28.2 Å². The van der Waals surface area contributed by atoms with Crippen LogP contribution in [0.4, 0.5) is 0 Å². The Balaban J connectivity index is 0.00000180. The van der Waals surface area contributed by atoms with Gasteiger partial charge in [-0.25, -0.2) is 0 Å². The molecular weight excluding hydrogens is 258 g/mol. The third kappa shape index (κ3) is 4.75. The number of nitrogens with one attached hydrogen (secondary N) is 1. The Labute approximate surface area is 123 Å². The summed E-state index contributed by atoms with van der Waals surface area (Å²) < 4.78 is 0. The molecule has 0 saturated carbocycles. The van der Waals surface area contributed by atoms with Gasteiger partial charge >= 0.3 is 0 Å². The van der Waals surface area contributed by atoms with Crippen molar-refractivity contribution in [3.8, 4) is 0 Å². The van der Waals surface area contributed by atoms with Gasteiger partial charge in [-0.15, -0.1) is 12.4 Å². The summed E-state index contributed by atoms with van der Waals surface area (Å²) >= 11 is 0. The molecule has 0 radical (unpaired) electrons. The Morgan fingerprint density at radius 1 is 1.37 bits per heavy atom. The number of pyridine rings is 1. The normalized spacial score (nSPS) is 18.8. The van der Waals surface area contributed by atoms with Crippen molar-refractivity contribution in [1.82, 2.24) is 15.2 Å². The van der Waals surface area contributed by atoms with Crippen LogP contribution in [0.3, 0.4) is 0 Å². The summed E-state index contributed by atoms with van der Waals surface area (Å²) in [5.74, 6) is 0.907. The van der Waals surface area contributed by atoms with Crippen LogP contribution in [0.1, 0.15) is 37.9 Å². The molecule has 2 heterocycles. The molecule has 1 fully saturated rings. The van der Waals surface area contributed by atoms with Crippen LogP contribution in [0.2, 0.25) is 0 Å². The summed E-state index contributed by atoms with van der Waals surface area (Å²) in [4.78, 5) is 7.04. The molecule has 1 unspecified atom stereocenters. The van der Waals surface area contributed by atoms with E-state index in [9.17, 15) is 0 Å². The van der Waals surface area contributed by atoms with Gasteiger partial charge in [0.25, 0.3) is 0 Å². The van der Waals surface area contributed by atoms with Crippen LogP contribution >= 0.6 is 12.4 Å². The Morgan fingerprint density at radius 3 is 2.68 bits per heavy atom. The van der Waals surface area contributed by atoms with E-state index in [0.29, 0.717) is 6.04 Å². The predicted molar refractivity (Wildman–Crippen MR) is 82.7 cm³/mol. The summed E-state index contributed by atoms with van der Waals surface area (Å²) in [6.45, 7) is 5.86. The molecule has 1 aromatic heterocycles. The predicted octanol–water partition coefficient (Wildman–Crippen LogP) is 2.89. The summed E-state index contributed by atoms with van der Waals surface area (Å²) in [5, 5.41) is 3.25.